The number of amides is 1. The molecule has 1 aromatic heterocycles. The van der Waals surface area contributed by atoms with E-state index >= 15 is 0 Å². The SMILES string of the molecule is N#C[C@@H]1CCCN1C(=O)CN[C@@H]1CC[C@H](Cn2nc3ccccc3n2)C1. The molecular weight excluding hydrogens is 328 g/mol. The monoisotopic (exact) mass is 352 g/mol. The molecule has 0 spiro atoms. The first-order valence-electron chi connectivity index (χ1n) is 9.45. The minimum Gasteiger partial charge on any atom is -0.326 e. The molecule has 2 aliphatic rings. The van der Waals surface area contributed by atoms with Crippen molar-refractivity contribution in [2.45, 2.75) is 50.7 Å². The third-order valence-electron chi connectivity index (χ3n) is 5.55. The van der Waals surface area contributed by atoms with E-state index < -0.39 is 0 Å². The topological polar surface area (TPSA) is 86.8 Å². The maximum atomic E-state index is 12.3. The Morgan fingerprint density at radius 1 is 1.23 bits per heavy atom. The Labute approximate surface area is 153 Å². The van der Waals surface area contributed by atoms with Gasteiger partial charge in [0.25, 0.3) is 0 Å². The van der Waals surface area contributed by atoms with Crippen molar-refractivity contribution in [3.8, 4) is 6.07 Å². The highest BCUT2D eigenvalue weighted by molar-refractivity contribution is 5.79. The van der Waals surface area contributed by atoms with Gasteiger partial charge in [0.05, 0.1) is 19.2 Å². The van der Waals surface area contributed by atoms with Crippen LogP contribution < -0.4 is 5.32 Å². The fourth-order valence-electron chi connectivity index (χ4n) is 4.18. The first-order valence-corrected chi connectivity index (χ1v) is 9.45. The number of hydrogen-bond acceptors (Lipinski definition) is 5. The molecule has 26 heavy (non-hydrogen) atoms. The summed E-state index contributed by atoms with van der Waals surface area (Å²) in [5, 5.41) is 21.6. The summed E-state index contributed by atoms with van der Waals surface area (Å²) in [5.41, 5.74) is 1.87. The van der Waals surface area contributed by atoms with Gasteiger partial charge in [-0.2, -0.15) is 20.3 Å². The third kappa shape index (κ3) is 3.56. The predicted molar refractivity (Wildman–Crippen MR) is 97.0 cm³/mol. The number of likely N-dealkylation sites (tertiary alicyclic amines) is 1. The lowest BCUT2D eigenvalue weighted by molar-refractivity contribution is -0.130. The molecule has 7 heteroatoms. The largest absolute Gasteiger partial charge is 0.326 e. The Balaban J connectivity index is 1.26. The molecule has 1 aliphatic heterocycles. The molecule has 1 aliphatic carbocycles. The van der Waals surface area contributed by atoms with Gasteiger partial charge >= 0.3 is 0 Å². The van der Waals surface area contributed by atoms with E-state index in [9.17, 15) is 4.79 Å². The van der Waals surface area contributed by atoms with Crippen LogP contribution >= 0.6 is 0 Å². The molecule has 4 rings (SSSR count). The van der Waals surface area contributed by atoms with Crippen LogP contribution in [0.4, 0.5) is 0 Å². The lowest BCUT2D eigenvalue weighted by Crippen LogP contribution is -2.42. The van der Waals surface area contributed by atoms with E-state index in [1.54, 1.807) is 4.90 Å². The van der Waals surface area contributed by atoms with Gasteiger partial charge in [0.1, 0.15) is 17.1 Å². The standard InChI is InChI=1S/C19H24N6O/c20-11-16-4-3-9-24(16)19(26)12-21-15-8-7-14(10-15)13-25-22-17-5-1-2-6-18(17)23-25/h1-2,5-6,14-16,21H,3-4,7-10,12-13H2/t14-,15+,16-/m0/s1. The molecular formula is C19H24N6O. The fourth-order valence-corrected chi connectivity index (χ4v) is 4.18. The van der Waals surface area contributed by atoms with Crippen molar-refractivity contribution in [2.75, 3.05) is 13.1 Å². The first kappa shape index (κ1) is 17.0. The average Bonchev–Trinajstić information content (AvgIpc) is 3.38. The minimum absolute atomic E-state index is 0.0532. The molecule has 0 radical (unpaired) electrons. The number of nitrogens with one attached hydrogen (secondary N) is 1. The van der Waals surface area contributed by atoms with Crippen LogP contribution in [0.2, 0.25) is 0 Å². The lowest BCUT2D eigenvalue weighted by Gasteiger charge is -2.21. The normalized spacial score (nSPS) is 25.7. The zero-order chi connectivity index (χ0) is 17.9. The van der Waals surface area contributed by atoms with Crippen molar-refractivity contribution < 1.29 is 4.79 Å². The molecule has 7 nitrogen and oxygen atoms in total. The van der Waals surface area contributed by atoms with Gasteiger partial charge in [-0.3, -0.25) is 4.79 Å². The van der Waals surface area contributed by atoms with Crippen molar-refractivity contribution in [3.05, 3.63) is 24.3 Å². The summed E-state index contributed by atoms with van der Waals surface area (Å²) >= 11 is 0. The number of rotatable bonds is 5. The van der Waals surface area contributed by atoms with E-state index in [4.69, 9.17) is 5.26 Å². The molecule has 1 aromatic carbocycles. The van der Waals surface area contributed by atoms with E-state index in [0.29, 0.717) is 25.0 Å². The maximum absolute atomic E-state index is 12.3. The Morgan fingerprint density at radius 2 is 2.00 bits per heavy atom. The van der Waals surface area contributed by atoms with Crippen molar-refractivity contribution in [3.63, 3.8) is 0 Å². The summed E-state index contributed by atoms with van der Waals surface area (Å²) in [4.78, 5) is 15.9. The molecule has 3 atom stereocenters. The van der Waals surface area contributed by atoms with Crippen molar-refractivity contribution in [2.24, 2.45) is 5.92 Å². The highest BCUT2D eigenvalue weighted by Crippen LogP contribution is 2.27. The zero-order valence-corrected chi connectivity index (χ0v) is 14.8. The second kappa shape index (κ2) is 7.42. The van der Waals surface area contributed by atoms with E-state index in [1.807, 2.05) is 29.1 Å². The van der Waals surface area contributed by atoms with E-state index in [2.05, 4.69) is 21.6 Å². The second-order valence-corrected chi connectivity index (χ2v) is 7.37. The molecule has 1 saturated carbocycles. The van der Waals surface area contributed by atoms with Gasteiger partial charge in [0, 0.05) is 12.6 Å². The minimum atomic E-state index is -0.236. The molecule has 2 fully saturated rings. The predicted octanol–water partition coefficient (Wildman–Crippen LogP) is 1.70. The molecule has 1 saturated heterocycles. The van der Waals surface area contributed by atoms with Crippen LogP contribution in [0, 0.1) is 17.2 Å². The Hall–Kier alpha value is -2.46. The van der Waals surface area contributed by atoms with E-state index in [0.717, 1.165) is 49.7 Å². The molecule has 2 heterocycles. The zero-order valence-electron chi connectivity index (χ0n) is 14.8. The number of fused-ring (bicyclic) bond motifs is 1. The Kier molecular flexibility index (Phi) is 4.85. The van der Waals surface area contributed by atoms with Crippen LogP contribution in [-0.2, 0) is 11.3 Å². The van der Waals surface area contributed by atoms with Crippen LogP contribution in [0.1, 0.15) is 32.1 Å². The smallest absolute Gasteiger partial charge is 0.237 e. The van der Waals surface area contributed by atoms with Crippen LogP contribution in [-0.4, -0.2) is 51.0 Å². The van der Waals surface area contributed by atoms with Gasteiger partial charge in [-0.15, -0.1) is 0 Å². The molecule has 1 N–H and O–H groups in total. The Bertz CT molecular complexity index is 792. The van der Waals surface area contributed by atoms with Gasteiger partial charge in [-0.05, 0) is 50.2 Å². The highest BCUT2D eigenvalue weighted by Gasteiger charge is 2.30. The van der Waals surface area contributed by atoms with Crippen LogP contribution in [0.3, 0.4) is 0 Å². The summed E-state index contributed by atoms with van der Waals surface area (Å²) in [7, 11) is 0. The van der Waals surface area contributed by atoms with Gasteiger partial charge in [-0.1, -0.05) is 12.1 Å². The first-order chi connectivity index (χ1) is 12.7. The number of carbonyl (C=O) groups is 1. The molecule has 2 aromatic rings. The van der Waals surface area contributed by atoms with Gasteiger partial charge in [0.2, 0.25) is 5.91 Å². The van der Waals surface area contributed by atoms with Gasteiger partial charge in [-0.25, -0.2) is 0 Å². The van der Waals surface area contributed by atoms with Crippen molar-refractivity contribution in [1.82, 2.24) is 25.2 Å². The summed E-state index contributed by atoms with van der Waals surface area (Å²) in [6, 6.07) is 10.3. The highest BCUT2D eigenvalue weighted by atomic mass is 16.2. The number of aromatic nitrogens is 3. The number of benzene rings is 1. The molecule has 0 unspecified atom stereocenters. The second-order valence-electron chi connectivity index (χ2n) is 7.37. The van der Waals surface area contributed by atoms with Crippen LogP contribution in [0.25, 0.3) is 11.0 Å². The summed E-state index contributed by atoms with van der Waals surface area (Å²) in [6.45, 7) is 1.87. The van der Waals surface area contributed by atoms with Crippen molar-refractivity contribution in [1.29, 1.82) is 5.26 Å². The average molecular weight is 352 g/mol. The number of nitrogens with zero attached hydrogens (tertiary/aromatic N) is 5. The third-order valence-corrected chi connectivity index (χ3v) is 5.55. The fraction of sp³-hybridized carbons (Fsp3) is 0.579. The number of nitriles is 1. The number of hydrogen-bond donors (Lipinski definition) is 1. The Morgan fingerprint density at radius 3 is 2.73 bits per heavy atom. The number of carbonyl (C=O) groups excluding carboxylic acids is 1. The van der Waals surface area contributed by atoms with E-state index in [1.165, 1.54) is 0 Å². The van der Waals surface area contributed by atoms with Gasteiger partial charge < -0.3 is 10.2 Å². The van der Waals surface area contributed by atoms with Crippen LogP contribution in [0.5, 0.6) is 0 Å². The summed E-state index contributed by atoms with van der Waals surface area (Å²) in [5.74, 6) is 0.584. The van der Waals surface area contributed by atoms with Crippen molar-refractivity contribution >= 4 is 16.9 Å². The molecule has 136 valence electrons. The van der Waals surface area contributed by atoms with Gasteiger partial charge in [0.15, 0.2) is 0 Å². The quantitative estimate of drug-likeness (QED) is 0.885. The summed E-state index contributed by atoms with van der Waals surface area (Å²) in [6.07, 6.45) is 4.96. The lowest BCUT2D eigenvalue weighted by atomic mass is 10.1. The summed E-state index contributed by atoms with van der Waals surface area (Å²) < 4.78 is 0. The van der Waals surface area contributed by atoms with E-state index in [-0.39, 0.29) is 11.9 Å². The maximum Gasteiger partial charge on any atom is 0.237 e. The molecule has 1 amide bonds. The van der Waals surface area contributed by atoms with Crippen LogP contribution in [0.15, 0.2) is 24.3 Å². The molecule has 0 bridgehead atoms.